The molecule has 7 nitrogen and oxygen atoms in total. The molecule has 0 unspecified atom stereocenters. The number of esters is 1. The Morgan fingerprint density at radius 3 is 2.50 bits per heavy atom. The van der Waals surface area contributed by atoms with Gasteiger partial charge in [0.15, 0.2) is 0 Å². The van der Waals surface area contributed by atoms with E-state index in [-0.39, 0.29) is 30.4 Å². The smallest absolute Gasteiger partial charge is 0.324 e. The summed E-state index contributed by atoms with van der Waals surface area (Å²) in [4.78, 5) is 12.3. The van der Waals surface area contributed by atoms with Crippen LogP contribution in [0, 0.1) is 0 Å². The molecule has 0 radical (unpaired) electrons. The van der Waals surface area contributed by atoms with Gasteiger partial charge in [0.05, 0.1) is 24.2 Å². The van der Waals surface area contributed by atoms with Gasteiger partial charge in [0.25, 0.3) is 0 Å². The normalized spacial score (nSPS) is 23.5. The SMILES string of the molecule is COC(=O)[C@H]1C[C@@H](O)CCN1S(=O)(=O)c1ccc2cc(OC3CCCC3)ccc2c1. The summed E-state index contributed by atoms with van der Waals surface area (Å²) < 4.78 is 38.5. The molecule has 162 valence electrons. The number of carbonyl (C=O) groups is 1. The van der Waals surface area contributed by atoms with Crippen LogP contribution in [0.2, 0.25) is 0 Å². The number of benzene rings is 2. The summed E-state index contributed by atoms with van der Waals surface area (Å²) in [5.41, 5.74) is 0. The van der Waals surface area contributed by atoms with Crippen molar-refractivity contribution in [1.29, 1.82) is 0 Å². The van der Waals surface area contributed by atoms with Gasteiger partial charge in [-0.3, -0.25) is 4.79 Å². The number of methoxy groups -OCH3 is 1. The second kappa shape index (κ2) is 8.53. The van der Waals surface area contributed by atoms with Gasteiger partial charge in [-0.1, -0.05) is 12.1 Å². The fourth-order valence-corrected chi connectivity index (χ4v) is 5.97. The Kier molecular flexibility index (Phi) is 5.99. The number of fused-ring (bicyclic) bond motifs is 1. The fraction of sp³-hybridized carbons (Fsp3) is 0.500. The molecule has 0 spiro atoms. The van der Waals surface area contributed by atoms with Crippen molar-refractivity contribution in [2.24, 2.45) is 0 Å². The molecule has 2 atom stereocenters. The molecule has 1 aliphatic heterocycles. The topological polar surface area (TPSA) is 93.1 Å². The zero-order chi connectivity index (χ0) is 21.3. The highest BCUT2D eigenvalue weighted by atomic mass is 32.2. The molecular weight excluding hydrogens is 406 g/mol. The summed E-state index contributed by atoms with van der Waals surface area (Å²) in [6.07, 6.45) is 4.37. The van der Waals surface area contributed by atoms with Crippen LogP contribution in [0.3, 0.4) is 0 Å². The van der Waals surface area contributed by atoms with Crippen LogP contribution in [0.1, 0.15) is 38.5 Å². The Balaban J connectivity index is 1.61. The molecule has 2 aliphatic rings. The van der Waals surface area contributed by atoms with E-state index in [2.05, 4.69) is 0 Å². The third-order valence-electron chi connectivity index (χ3n) is 5.99. The maximum Gasteiger partial charge on any atom is 0.324 e. The summed E-state index contributed by atoms with van der Waals surface area (Å²) >= 11 is 0. The van der Waals surface area contributed by atoms with Crippen LogP contribution in [0.4, 0.5) is 0 Å². The lowest BCUT2D eigenvalue weighted by Gasteiger charge is -2.35. The molecule has 30 heavy (non-hydrogen) atoms. The van der Waals surface area contributed by atoms with E-state index >= 15 is 0 Å². The molecule has 1 saturated heterocycles. The summed E-state index contributed by atoms with van der Waals surface area (Å²) in [6, 6.07) is 9.55. The molecule has 0 amide bonds. The first-order valence-electron chi connectivity index (χ1n) is 10.4. The quantitative estimate of drug-likeness (QED) is 0.729. The largest absolute Gasteiger partial charge is 0.490 e. The number of nitrogens with zero attached hydrogens (tertiary/aromatic N) is 1. The van der Waals surface area contributed by atoms with Gasteiger partial charge in [-0.2, -0.15) is 4.31 Å². The Labute approximate surface area is 176 Å². The van der Waals surface area contributed by atoms with E-state index in [1.54, 1.807) is 18.2 Å². The molecule has 4 rings (SSSR count). The van der Waals surface area contributed by atoms with Gasteiger partial charge in [-0.25, -0.2) is 8.42 Å². The van der Waals surface area contributed by atoms with Gasteiger partial charge in [-0.15, -0.1) is 0 Å². The Hall–Kier alpha value is -2.16. The third kappa shape index (κ3) is 4.17. The van der Waals surface area contributed by atoms with Crippen LogP contribution in [0.5, 0.6) is 5.75 Å². The van der Waals surface area contributed by atoms with Gasteiger partial charge in [0.1, 0.15) is 11.8 Å². The van der Waals surface area contributed by atoms with Crippen molar-refractivity contribution in [3.63, 3.8) is 0 Å². The number of rotatable bonds is 5. The molecule has 1 N–H and O–H groups in total. The number of carbonyl (C=O) groups excluding carboxylic acids is 1. The second-order valence-corrected chi connectivity index (χ2v) is 9.92. The number of hydrogen-bond acceptors (Lipinski definition) is 6. The van der Waals surface area contributed by atoms with Crippen molar-refractivity contribution in [2.75, 3.05) is 13.7 Å². The summed E-state index contributed by atoms with van der Waals surface area (Å²) in [6.45, 7) is 0.0650. The van der Waals surface area contributed by atoms with Crippen LogP contribution < -0.4 is 4.74 Å². The van der Waals surface area contributed by atoms with Gasteiger partial charge in [0.2, 0.25) is 10.0 Å². The lowest BCUT2D eigenvalue weighted by atomic mass is 10.0. The number of hydrogen-bond donors (Lipinski definition) is 1. The summed E-state index contributed by atoms with van der Waals surface area (Å²) in [5, 5.41) is 11.6. The standard InChI is InChI=1S/C22H27NO6S/c1-28-22(25)21-14-17(24)10-11-23(21)30(26,27)20-9-7-15-12-19(8-6-16(15)13-20)29-18-4-2-3-5-18/h6-9,12-13,17-18,21,24H,2-5,10-11,14H2,1H3/t17-,21+/m0/s1. The van der Waals surface area contributed by atoms with Crippen LogP contribution in [0.15, 0.2) is 41.3 Å². The lowest BCUT2D eigenvalue weighted by Crippen LogP contribution is -2.51. The van der Waals surface area contributed by atoms with E-state index in [0.717, 1.165) is 33.7 Å². The molecule has 1 saturated carbocycles. The van der Waals surface area contributed by atoms with Crippen molar-refractivity contribution in [3.8, 4) is 5.75 Å². The first kappa shape index (κ1) is 21.1. The number of aliphatic hydroxyl groups excluding tert-OH is 1. The Morgan fingerprint density at radius 1 is 1.07 bits per heavy atom. The molecule has 1 aliphatic carbocycles. The second-order valence-electron chi connectivity index (χ2n) is 8.03. The van der Waals surface area contributed by atoms with Crippen LogP contribution in [-0.2, 0) is 19.6 Å². The highest BCUT2D eigenvalue weighted by molar-refractivity contribution is 7.89. The van der Waals surface area contributed by atoms with Crippen LogP contribution in [-0.4, -0.2) is 55.7 Å². The van der Waals surface area contributed by atoms with Gasteiger partial charge in [0, 0.05) is 13.0 Å². The first-order valence-corrected chi connectivity index (χ1v) is 11.8. The van der Waals surface area contributed by atoms with E-state index in [1.165, 1.54) is 20.0 Å². The van der Waals surface area contributed by atoms with Crippen molar-refractivity contribution >= 4 is 26.8 Å². The number of ether oxygens (including phenoxy) is 2. The first-order chi connectivity index (χ1) is 14.4. The van der Waals surface area contributed by atoms with Crippen LogP contribution >= 0.6 is 0 Å². The zero-order valence-electron chi connectivity index (χ0n) is 17.0. The predicted octanol–water partition coefficient (Wildman–Crippen LogP) is 2.85. The Bertz CT molecular complexity index is 1030. The molecule has 2 aromatic carbocycles. The van der Waals surface area contributed by atoms with Crippen molar-refractivity contribution in [3.05, 3.63) is 36.4 Å². The Morgan fingerprint density at radius 2 is 1.77 bits per heavy atom. The number of aliphatic hydroxyl groups is 1. The molecule has 0 aromatic heterocycles. The average molecular weight is 434 g/mol. The van der Waals surface area contributed by atoms with Gasteiger partial charge >= 0.3 is 5.97 Å². The molecule has 8 heteroatoms. The van der Waals surface area contributed by atoms with E-state index < -0.39 is 28.1 Å². The molecule has 1 heterocycles. The number of sulfonamides is 1. The molecule has 0 bridgehead atoms. The van der Waals surface area contributed by atoms with Crippen molar-refractivity contribution in [1.82, 2.24) is 4.31 Å². The highest BCUT2D eigenvalue weighted by Crippen LogP contribution is 2.31. The van der Waals surface area contributed by atoms with E-state index in [1.807, 2.05) is 18.2 Å². The maximum atomic E-state index is 13.3. The molecule has 2 aromatic rings. The minimum Gasteiger partial charge on any atom is -0.490 e. The molecular formula is C22H27NO6S. The maximum absolute atomic E-state index is 13.3. The average Bonchev–Trinajstić information content (AvgIpc) is 3.25. The van der Waals surface area contributed by atoms with Gasteiger partial charge in [-0.05, 0) is 67.1 Å². The van der Waals surface area contributed by atoms with Gasteiger partial charge < -0.3 is 14.6 Å². The van der Waals surface area contributed by atoms with E-state index in [9.17, 15) is 18.3 Å². The minimum absolute atomic E-state index is 0.0291. The third-order valence-corrected chi connectivity index (χ3v) is 7.90. The van der Waals surface area contributed by atoms with Crippen LogP contribution in [0.25, 0.3) is 10.8 Å². The fourth-order valence-electron chi connectivity index (χ4n) is 4.33. The molecule has 2 fully saturated rings. The van der Waals surface area contributed by atoms with Crippen molar-refractivity contribution < 1.29 is 27.8 Å². The zero-order valence-corrected chi connectivity index (χ0v) is 17.8. The monoisotopic (exact) mass is 433 g/mol. The lowest BCUT2D eigenvalue weighted by molar-refractivity contribution is -0.147. The predicted molar refractivity (Wildman–Crippen MR) is 112 cm³/mol. The van der Waals surface area contributed by atoms with E-state index in [0.29, 0.717) is 0 Å². The minimum atomic E-state index is -3.92. The summed E-state index contributed by atoms with van der Waals surface area (Å²) in [7, 11) is -2.70. The highest BCUT2D eigenvalue weighted by Gasteiger charge is 2.41. The van der Waals surface area contributed by atoms with Crippen molar-refractivity contribution in [2.45, 2.75) is 61.7 Å². The number of piperidine rings is 1. The summed E-state index contributed by atoms with van der Waals surface area (Å²) in [5.74, 6) is 0.132. The van der Waals surface area contributed by atoms with E-state index in [4.69, 9.17) is 9.47 Å².